The number of hydrogen-bond acceptors (Lipinski definition) is 3. The Balaban J connectivity index is 1.94. The van der Waals surface area contributed by atoms with Crippen molar-refractivity contribution in [3.05, 3.63) is 41.8 Å². The van der Waals surface area contributed by atoms with Gasteiger partial charge in [0.15, 0.2) is 6.23 Å². The van der Waals surface area contributed by atoms with Crippen LogP contribution in [-0.2, 0) is 11.3 Å². The van der Waals surface area contributed by atoms with E-state index in [4.69, 9.17) is 9.84 Å². The van der Waals surface area contributed by atoms with Gasteiger partial charge in [-0.3, -0.25) is 0 Å². The van der Waals surface area contributed by atoms with Crippen LogP contribution in [0.2, 0.25) is 0 Å². The number of aliphatic hydroxyl groups is 1. The summed E-state index contributed by atoms with van der Waals surface area (Å²) in [4.78, 5) is 0. The SMILES string of the molecule is OCc1ccc(-c2ccnn2C2CCCCO2)cc1F. The average Bonchev–Trinajstić information content (AvgIpc) is 2.97. The molecule has 0 aliphatic carbocycles. The highest BCUT2D eigenvalue weighted by Gasteiger charge is 2.19. The van der Waals surface area contributed by atoms with Gasteiger partial charge in [0.25, 0.3) is 0 Å². The van der Waals surface area contributed by atoms with E-state index in [1.807, 2.05) is 10.7 Å². The molecule has 1 aliphatic heterocycles. The van der Waals surface area contributed by atoms with E-state index in [-0.39, 0.29) is 12.8 Å². The van der Waals surface area contributed by atoms with E-state index in [0.29, 0.717) is 5.56 Å². The van der Waals surface area contributed by atoms with Crippen LogP contribution in [-0.4, -0.2) is 21.5 Å². The van der Waals surface area contributed by atoms with E-state index in [9.17, 15) is 4.39 Å². The highest BCUT2D eigenvalue weighted by Crippen LogP contribution is 2.29. The average molecular weight is 276 g/mol. The molecule has 0 saturated carbocycles. The minimum atomic E-state index is -0.401. The van der Waals surface area contributed by atoms with Gasteiger partial charge in [-0.2, -0.15) is 5.10 Å². The Labute approximate surface area is 116 Å². The highest BCUT2D eigenvalue weighted by atomic mass is 19.1. The molecule has 1 saturated heterocycles. The first-order valence-corrected chi connectivity index (χ1v) is 6.84. The van der Waals surface area contributed by atoms with E-state index in [1.165, 1.54) is 6.07 Å². The molecule has 2 aromatic rings. The molecule has 0 amide bonds. The minimum absolute atomic E-state index is 0.0747. The Morgan fingerprint density at radius 2 is 2.25 bits per heavy atom. The molecule has 20 heavy (non-hydrogen) atoms. The molecule has 4 nitrogen and oxygen atoms in total. The quantitative estimate of drug-likeness (QED) is 0.937. The lowest BCUT2D eigenvalue weighted by molar-refractivity contribution is -0.0383. The lowest BCUT2D eigenvalue weighted by Gasteiger charge is -2.24. The lowest BCUT2D eigenvalue weighted by atomic mass is 10.1. The lowest BCUT2D eigenvalue weighted by Crippen LogP contribution is -2.19. The zero-order chi connectivity index (χ0) is 13.9. The molecule has 1 aliphatic rings. The summed E-state index contributed by atoms with van der Waals surface area (Å²) in [6.45, 7) is 0.443. The molecule has 1 aromatic heterocycles. The van der Waals surface area contributed by atoms with E-state index in [2.05, 4.69) is 5.10 Å². The van der Waals surface area contributed by atoms with Crippen molar-refractivity contribution < 1.29 is 14.2 Å². The summed E-state index contributed by atoms with van der Waals surface area (Å²) < 4.78 is 21.3. The third kappa shape index (κ3) is 2.46. The van der Waals surface area contributed by atoms with Gasteiger partial charge in [-0.05, 0) is 31.4 Å². The maximum atomic E-state index is 13.8. The highest BCUT2D eigenvalue weighted by molar-refractivity contribution is 5.60. The summed E-state index contributed by atoms with van der Waals surface area (Å²) in [5.41, 5.74) is 1.88. The maximum absolute atomic E-state index is 13.8. The first-order valence-electron chi connectivity index (χ1n) is 6.84. The molecule has 106 valence electrons. The van der Waals surface area contributed by atoms with Crippen LogP contribution in [0.5, 0.6) is 0 Å². The summed E-state index contributed by atoms with van der Waals surface area (Å²) in [5.74, 6) is -0.401. The number of hydrogen-bond donors (Lipinski definition) is 1. The Hall–Kier alpha value is -1.72. The summed E-state index contributed by atoms with van der Waals surface area (Å²) in [6, 6.07) is 6.68. The van der Waals surface area contributed by atoms with Crippen LogP contribution in [0.1, 0.15) is 31.1 Å². The zero-order valence-corrected chi connectivity index (χ0v) is 11.1. The van der Waals surface area contributed by atoms with E-state index in [1.54, 1.807) is 18.3 Å². The number of ether oxygens (including phenoxy) is 1. The van der Waals surface area contributed by atoms with Crippen molar-refractivity contribution in [3.63, 3.8) is 0 Å². The second kappa shape index (κ2) is 5.73. The molecule has 1 fully saturated rings. The largest absolute Gasteiger partial charge is 0.392 e. The second-order valence-corrected chi connectivity index (χ2v) is 4.95. The first-order chi connectivity index (χ1) is 9.79. The van der Waals surface area contributed by atoms with Crippen LogP contribution in [0.4, 0.5) is 4.39 Å². The van der Waals surface area contributed by atoms with Crippen LogP contribution in [0.25, 0.3) is 11.3 Å². The Morgan fingerprint density at radius 1 is 1.35 bits per heavy atom. The molecular weight excluding hydrogens is 259 g/mol. The zero-order valence-electron chi connectivity index (χ0n) is 11.1. The standard InChI is InChI=1S/C15H17FN2O2/c16-13-9-11(4-5-12(13)10-19)14-6-7-17-18(14)15-3-1-2-8-20-15/h4-7,9,15,19H,1-3,8,10H2. The summed E-state index contributed by atoms with van der Waals surface area (Å²) in [7, 11) is 0. The van der Waals surface area contributed by atoms with Gasteiger partial charge in [-0.1, -0.05) is 12.1 Å². The molecule has 3 rings (SSSR count). The van der Waals surface area contributed by atoms with Gasteiger partial charge < -0.3 is 9.84 Å². The minimum Gasteiger partial charge on any atom is -0.392 e. The number of aliphatic hydroxyl groups excluding tert-OH is 1. The maximum Gasteiger partial charge on any atom is 0.150 e. The van der Waals surface area contributed by atoms with Crippen molar-refractivity contribution in [2.24, 2.45) is 0 Å². The van der Waals surface area contributed by atoms with Crippen LogP contribution >= 0.6 is 0 Å². The predicted molar refractivity (Wildman–Crippen MR) is 72.4 cm³/mol. The van der Waals surface area contributed by atoms with Crippen molar-refractivity contribution >= 4 is 0 Å². The summed E-state index contributed by atoms with van der Waals surface area (Å²) in [5, 5.41) is 13.3. The van der Waals surface area contributed by atoms with E-state index >= 15 is 0 Å². The predicted octanol–water partition coefficient (Wildman–Crippen LogP) is 2.88. The fraction of sp³-hybridized carbons (Fsp3) is 0.400. The Morgan fingerprint density at radius 3 is 2.95 bits per heavy atom. The topological polar surface area (TPSA) is 47.3 Å². The fourth-order valence-electron chi connectivity index (χ4n) is 2.52. The molecule has 0 radical (unpaired) electrons. The number of rotatable bonds is 3. The van der Waals surface area contributed by atoms with Crippen LogP contribution in [0.15, 0.2) is 30.5 Å². The molecule has 0 bridgehead atoms. The molecule has 1 N–H and O–H groups in total. The van der Waals surface area contributed by atoms with Gasteiger partial charge in [0.05, 0.1) is 12.3 Å². The van der Waals surface area contributed by atoms with Crippen molar-refractivity contribution in [3.8, 4) is 11.3 Å². The summed E-state index contributed by atoms with van der Waals surface area (Å²) in [6.07, 6.45) is 4.74. The number of aromatic nitrogens is 2. The second-order valence-electron chi connectivity index (χ2n) is 4.95. The van der Waals surface area contributed by atoms with Crippen molar-refractivity contribution in [1.29, 1.82) is 0 Å². The molecule has 0 spiro atoms. The van der Waals surface area contributed by atoms with Gasteiger partial charge in [-0.15, -0.1) is 0 Å². The fourth-order valence-corrected chi connectivity index (χ4v) is 2.52. The molecule has 5 heteroatoms. The number of benzene rings is 1. The van der Waals surface area contributed by atoms with Gasteiger partial charge in [0, 0.05) is 23.9 Å². The molecule has 1 aromatic carbocycles. The molecule has 1 atom stereocenters. The van der Waals surface area contributed by atoms with Crippen molar-refractivity contribution in [1.82, 2.24) is 9.78 Å². The van der Waals surface area contributed by atoms with Crippen molar-refractivity contribution in [2.75, 3.05) is 6.61 Å². The van der Waals surface area contributed by atoms with Crippen molar-refractivity contribution in [2.45, 2.75) is 32.1 Å². The third-order valence-corrected chi connectivity index (χ3v) is 3.62. The van der Waals surface area contributed by atoms with Gasteiger partial charge in [0.2, 0.25) is 0 Å². The smallest absolute Gasteiger partial charge is 0.150 e. The monoisotopic (exact) mass is 276 g/mol. The van der Waals surface area contributed by atoms with Crippen LogP contribution < -0.4 is 0 Å². The summed E-state index contributed by atoms with van der Waals surface area (Å²) >= 11 is 0. The molecule has 1 unspecified atom stereocenters. The third-order valence-electron chi connectivity index (χ3n) is 3.62. The van der Waals surface area contributed by atoms with Crippen LogP contribution in [0.3, 0.4) is 0 Å². The number of nitrogens with zero attached hydrogens (tertiary/aromatic N) is 2. The first kappa shape index (κ1) is 13.3. The normalized spacial score (nSPS) is 19.2. The molecule has 2 heterocycles. The van der Waals surface area contributed by atoms with E-state index in [0.717, 1.165) is 37.1 Å². The van der Waals surface area contributed by atoms with Gasteiger partial charge in [0.1, 0.15) is 5.82 Å². The van der Waals surface area contributed by atoms with E-state index < -0.39 is 5.82 Å². The van der Waals surface area contributed by atoms with Gasteiger partial charge in [-0.25, -0.2) is 9.07 Å². The Kier molecular flexibility index (Phi) is 3.80. The molecular formula is C15H17FN2O2. The van der Waals surface area contributed by atoms with Crippen LogP contribution in [0, 0.1) is 5.82 Å². The van der Waals surface area contributed by atoms with Gasteiger partial charge >= 0.3 is 0 Å². The Bertz CT molecular complexity index is 591. The number of halogens is 1.